The van der Waals surface area contributed by atoms with Gasteiger partial charge in [-0.3, -0.25) is 0 Å². The van der Waals surface area contributed by atoms with Gasteiger partial charge in [0, 0.05) is 21.2 Å². The summed E-state index contributed by atoms with van der Waals surface area (Å²) >= 11 is 5.38. The van der Waals surface area contributed by atoms with Crippen molar-refractivity contribution in [2.45, 2.75) is 24.3 Å². The number of ether oxygens (including phenoxy) is 1. The minimum absolute atomic E-state index is 0.110. The van der Waals surface area contributed by atoms with Crippen molar-refractivity contribution >= 4 is 27.7 Å². The Hall–Kier alpha value is -0.970. The molecule has 0 saturated heterocycles. The monoisotopic (exact) mass is 365 g/mol. The smallest absolute Gasteiger partial charge is 0.119 e. The van der Waals surface area contributed by atoms with Gasteiger partial charge in [-0.1, -0.05) is 33.6 Å². The van der Waals surface area contributed by atoms with Crippen LogP contribution in [0.1, 0.15) is 11.1 Å². The van der Waals surface area contributed by atoms with E-state index in [9.17, 15) is 0 Å². The standard InChI is InChI=1S/C17H20BrNOS/c1-12-4-3-5-16(8-12)21-11-14(19)9-13-10-15(20-2)6-7-17(13)18/h3-8,10,14H,9,11,19H2,1-2H3. The van der Waals surface area contributed by atoms with Crippen molar-refractivity contribution < 1.29 is 4.74 Å². The van der Waals surface area contributed by atoms with E-state index in [1.807, 2.05) is 18.2 Å². The van der Waals surface area contributed by atoms with E-state index < -0.39 is 0 Å². The first-order chi connectivity index (χ1) is 10.1. The van der Waals surface area contributed by atoms with Crippen LogP contribution in [0.25, 0.3) is 0 Å². The molecular weight excluding hydrogens is 346 g/mol. The fourth-order valence-electron chi connectivity index (χ4n) is 2.08. The number of thioether (sulfide) groups is 1. The lowest BCUT2D eigenvalue weighted by molar-refractivity contribution is 0.414. The van der Waals surface area contributed by atoms with Crippen LogP contribution in [0.5, 0.6) is 5.75 Å². The molecule has 0 aliphatic rings. The molecule has 4 heteroatoms. The molecule has 2 rings (SSSR count). The van der Waals surface area contributed by atoms with Crippen LogP contribution >= 0.6 is 27.7 Å². The highest BCUT2D eigenvalue weighted by Crippen LogP contribution is 2.25. The molecule has 0 radical (unpaired) electrons. The van der Waals surface area contributed by atoms with Gasteiger partial charge in [-0.25, -0.2) is 0 Å². The third kappa shape index (κ3) is 5.06. The van der Waals surface area contributed by atoms with Crippen LogP contribution in [-0.4, -0.2) is 18.9 Å². The molecule has 2 N–H and O–H groups in total. The Morgan fingerprint density at radius 1 is 1.24 bits per heavy atom. The van der Waals surface area contributed by atoms with E-state index in [4.69, 9.17) is 10.5 Å². The Balaban J connectivity index is 1.94. The van der Waals surface area contributed by atoms with E-state index in [0.29, 0.717) is 0 Å². The molecule has 2 aromatic carbocycles. The minimum Gasteiger partial charge on any atom is -0.497 e. The Labute approximate surface area is 139 Å². The fraction of sp³-hybridized carbons (Fsp3) is 0.294. The van der Waals surface area contributed by atoms with Crippen LogP contribution < -0.4 is 10.5 Å². The number of aryl methyl sites for hydroxylation is 1. The van der Waals surface area contributed by atoms with Gasteiger partial charge in [0.15, 0.2) is 0 Å². The molecule has 2 nitrogen and oxygen atoms in total. The molecule has 0 amide bonds. The third-order valence-electron chi connectivity index (χ3n) is 3.19. The quantitative estimate of drug-likeness (QED) is 0.769. The summed E-state index contributed by atoms with van der Waals surface area (Å²) in [5.74, 6) is 1.76. The summed E-state index contributed by atoms with van der Waals surface area (Å²) < 4.78 is 6.35. The van der Waals surface area contributed by atoms with E-state index in [-0.39, 0.29) is 6.04 Å². The van der Waals surface area contributed by atoms with Gasteiger partial charge in [-0.15, -0.1) is 11.8 Å². The fourth-order valence-corrected chi connectivity index (χ4v) is 3.46. The molecule has 0 aromatic heterocycles. The topological polar surface area (TPSA) is 35.2 Å². The third-order valence-corrected chi connectivity index (χ3v) is 5.14. The van der Waals surface area contributed by atoms with Gasteiger partial charge in [0.05, 0.1) is 7.11 Å². The molecule has 0 heterocycles. The molecule has 2 aromatic rings. The first-order valence-electron chi connectivity index (χ1n) is 6.86. The van der Waals surface area contributed by atoms with Gasteiger partial charge in [0.25, 0.3) is 0 Å². The SMILES string of the molecule is COc1ccc(Br)c(CC(N)CSc2cccc(C)c2)c1. The summed E-state index contributed by atoms with van der Waals surface area (Å²) in [6.07, 6.45) is 0.830. The van der Waals surface area contributed by atoms with Crippen molar-refractivity contribution in [3.8, 4) is 5.75 Å². The van der Waals surface area contributed by atoms with Crippen LogP contribution in [0.4, 0.5) is 0 Å². The molecule has 1 atom stereocenters. The Morgan fingerprint density at radius 2 is 2.05 bits per heavy atom. The number of nitrogens with two attached hydrogens (primary N) is 1. The Kier molecular flexibility index (Phi) is 6.15. The van der Waals surface area contributed by atoms with Gasteiger partial charge in [-0.2, -0.15) is 0 Å². The predicted molar refractivity (Wildman–Crippen MR) is 94.3 cm³/mol. The van der Waals surface area contributed by atoms with E-state index in [1.165, 1.54) is 16.0 Å². The van der Waals surface area contributed by atoms with Gasteiger partial charge >= 0.3 is 0 Å². The largest absolute Gasteiger partial charge is 0.497 e. The average Bonchev–Trinajstić information content (AvgIpc) is 2.47. The first-order valence-corrected chi connectivity index (χ1v) is 8.64. The summed E-state index contributed by atoms with van der Waals surface area (Å²) in [5, 5.41) is 0. The van der Waals surface area contributed by atoms with Crippen LogP contribution in [-0.2, 0) is 6.42 Å². The maximum Gasteiger partial charge on any atom is 0.119 e. The molecule has 0 saturated carbocycles. The molecule has 0 bridgehead atoms. The summed E-state index contributed by atoms with van der Waals surface area (Å²) in [5.41, 5.74) is 8.74. The van der Waals surface area contributed by atoms with E-state index >= 15 is 0 Å². The number of benzene rings is 2. The normalized spacial score (nSPS) is 12.2. The summed E-state index contributed by atoms with van der Waals surface area (Å²) in [6.45, 7) is 2.11. The molecule has 0 aliphatic carbocycles. The Morgan fingerprint density at radius 3 is 2.76 bits per heavy atom. The van der Waals surface area contributed by atoms with Gasteiger partial charge in [0.2, 0.25) is 0 Å². The first kappa shape index (κ1) is 16.4. The summed E-state index contributed by atoms with van der Waals surface area (Å²) in [4.78, 5) is 1.27. The highest BCUT2D eigenvalue weighted by molar-refractivity contribution is 9.10. The van der Waals surface area contributed by atoms with Crippen molar-refractivity contribution in [3.63, 3.8) is 0 Å². The second kappa shape index (κ2) is 7.87. The van der Waals surface area contributed by atoms with Gasteiger partial charge in [-0.05, 0) is 49.2 Å². The highest BCUT2D eigenvalue weighted by Gasteiger charge is 2.09. The van der Waals surface area contributed by atoms with Crippen LogP contribution in [0.15, 0.2) is 51.8 Å². The van der Waals surface area contributed by atoms with Crippen molar-refractivity contribution in [1.82, 2.24) is 0 Å². The number of hydrogen-bond donors (Lipinski definition) is 1. The lowest BCUT2D eigenvalue weighted by atomic mass is 10.1. The van der Waals surface area contributed by atoms with Crippen LogP contribution in [0, 0.1) is 6.92 Å². The molecule has 1 unspecified atom stereocenters. The zero-order valence-electron chi connectivity index (χ0n) is 12.3. The number of hydrogen-bond acceptors (Lipinski definition) is 3. The maximum absolute atomic E-state index is 6.27. The molecular formula is C17H20BrNOS. The van der Waals surface area contributed by atoms with E-state index in [2.05, 4.69) is 47.1 Å². The van der Waals surface area contributed by atoms with Crippen LogP contribution in [0.2, 0.25) is 0 Å². The van der Waals surface area contributed by atoms with Gasteiger partial charge in [0.1, 0.15) is 5.75 Å². The lowest BCUT2D eigenvalue weighted by Crippen LogP contribution is -2.25. The van der Waals surface area contributed by atoms with Crippen LogP contribution in [0.3, 0.4) is 0 Å². The summed E-state index contributed by atoms with van der Waals surface area (Å²) in [7, 11) is 1.68. The highest BCUT2D eigenvalue weighted by atomic mass is 79.9. The number of rotatable bonds is 6. The average molecular weight is 366 g/mol. The maximum atomic E-state index is 6.27. The van der Waals surface area contributed by atoms with E-state index in [1.54, 1.807) is 18.9 Å². The second-order valence-corrected chi connectivity index (χ2v) is 7.00. The lowest BCUT2D eigenvalue weighted by Gasteiger charge is -2.14. The zero-order chi connectivity index (χ0) is 15.2. The van der Waals surface area contributed by atoms with Crippen molar-refractivity contribution in [3.05, 3.63) is 58.1 Å². The Bertz CT molecular complexity index is 603. The minimum atomic E-state index is 0.110. The summed E-state index contributed by atoms with van der Waals surface area (Å²) in [6, 6.07) is 14.6. The van der Waals surface area contributed by atoms with Crippen molar-refractivity contribution in [2.24, 2.45) is 5.73 Å². The number of halogens is 1. The van der Waals surface area contributed by atoms with Crippen molar-refractivity contribution in [2.75, 3.05) is 12.9 Å². The van der Waals surface area contributed by atoms with Gasteiger partial charge < -0.3 is 10.5 Å². The second-order valence-electron chi connectivity index (χ2n) is 5.05. The molecule has 0 aliphatic heterocycles. The molecule has 0 fully saturated rings. The van der Waals surface area contributed by atoms with E-state index in [0.717, 1.165) is 22.4 Å². The molecule has 21 heavy (non-hydrogen) atoms. The molecule has 0 spiro atoms. The zero-order valence-corrected chi connectivity index (χ0v) is 14.7. The van der Waals surface area contributed by atoms with Crippen molar-refractivity contribution in [1.29, 1.82) is 0 Å². The number of methoxy groups -OCH3 is 1. The predicted octanol–water partition coefficient (Wildman–Crippen LogP) is 4.43. The molecule has 112 valence electrons.